The molecule has 0 fully saturated rings. The fourth-order valence-electron chi connectivity index (χ4n) is 3.42. The largest absolute Gasteiger partial charge is 0.389 e. The lowest BCUT2D eigenvalue weighted by atomic mass is 10.1. The summed E-state index contributed by atoms with van der Waals surface area (Å²) in [5.41, 5.74) is 3.42. The van der Waals surface area contributed by atoms with Crippen molar-refractivity contribution in [3.05, 3.63) is 42.2 Å². The Morgan fingerprint density at radius 1 is 1.03 bits per heavy atom. The summed E-state index contributed by atoms with van der Waals surface area (Å²) >= 11 is 0. The van der Waals surface area contributed by atoms with E-state index in [9.17, 15) is 13.2 Å². The van der Waals surface area contributed by atoms with E-state index >= 15 is 0 Å². The van der Waals surface area contributed by atoms with E-state index in [0.717, 1.165) is 22.6 Å². The first-order valence-electron chi connectivity index (χ1n) is 9.26. The van der Waals surface area contributed by atoms with E-state index in [1.54, 1.807) is 12.3 Å². The summed E-state index contributed by atoms with van der Waals surface area (Å²) in [6, 6.07) is 5.79. The number of aryl methyl sites for hydroxylation is 2. The van der Waals surface area contributed by atoms with Gasteiger partial charge >= 0.3 is 6.18 Å². The van der Waals surface area contributed by atoms with E-state index in [0.29, 0.717) is 16.7 Å². The summed E-state index contributed by atoms with van der Waals surface area (Å²) in [6.07, 6.45) is -2.38. The lowest BCUT2D eigenvalue weighted by Gasteiger charge is -2.11. The Kier molecular flexibility index (Phi) is 4.68. The van der Waals surface area contributed by atoms with Crippen molar-refractivity contribution in [3.63, 3.8) is 0 Å². The molecule has 0 spiro atoms. The summed E-state index contributed by atoms with van der Waals surface area (Å²) in [6.45, 7) is 6.08. The Morgan fingerprint density at radius 3 is 2.55 bits per heavy atom. The monoisotopic (exact) mass is 400 g/mol. The van der Waals surface area contributed by atoms with E-state index in [-0.39, 0.29) is 18.3 Å². The minimum Gasteiger partial charge on any atom is -0.310 e. The van der Waals surface area contributed by atoms with Crippen molar-refractivity contribution in [2.45, 2.75) is 45.8 Å². The van der Waals surface area contributed by atoms with E-state index in [4.69, 9.17) is 4.98 Å². The minimum absolute atomic E-state index is 0.122. The van der Waals surface area contributed by atoms with Crippen LogP contribution in [0, 0.1) is 6.92 Å². The Bertz CT molecular complexity index is 1200. The molecule has 4 aromatic heterocycles. The van der Waals surface area contributed by atoms with Gasteiger partial charge in [0, 0.05) is 35.8 Å². The molecule has 4 rings (SSSR count). The highest BCUT2D eigenvalue weighted by atomic mass is 19.4. The van der Waals surface area contributed by atoms with Crippen molar-refractivity contribution in [1.82, 2.24) is 29.5 Å². The zero-order valence-electron chi connectivity index (χ0n) is 16.2. The molecule has 29 heavy (non-hydrogen) atoms. The third kappa shape index (κ3) is 3.76. The van der Waals surface area contributed by atoms with Crippen LogP contribution in [0.2, 0.25) is 0 Å². The molecule has 0 saturated carbocycles. The number of hydrogen-bond acceptors (Lipinski definition) is 5. The summed E-state index contributed by atoms with van der Waals surface area (Å²) < 4.78 is 39.5. The second-order valence-corrected chi connectivity index (χ2v) is 7.16. The van der Waals surface area contributed by atoms with Gasteiger partial charge in [-0.2, -0.15) is 13.2 Å². The molecule has 0 N–H and O–H groups in total. The highest BCUT2D eigenvalue weighted by molar-refractivity contribution is 5.92. The predicted molar refractivity (Wildman–Crippen MR) is 103 cm³/mol. The first kappa shape index (κ1) is 19.2. The molecule has 6 nitrogen and oxygen atoms in total. The maximum absolute atomic E-state index is 12.5. The quantitative estimate of drug-likeness (QED) is 0.491. The first-order chi connectivity index (χ1) is 13.7. The van der Waals surface area contributed by atoms with Gasteiger partial charge in [0.25, 0.3) is 0 Å². The third-order valence-corrected chi connectivity index (χ3v) is 4.68. The Morgan fingerprint density at radius 2 is 1.83 bits per heavy atom. The molecule has 0 aliphatic rings. The number of pyridine rings is 2. The number of aromatic nitrogens is 6. The van der Waals surface area contributed by atoms with E-state index in [1.165, 1.54) is 6.20 Å². The summed E-state index contributed by atoms with van der Waals surface area (Å²) in [4.78, 5) is 21.9. The number of fused-ring (bicyclic) bond motifs is 2. The van der Waals surface area contributed by atoms with Gasteiger partial charge in [0.2, 0.25) is 0 Å². The van der Waals surface area contributed by atoms with Crippen LogP contribution in [0.1, 0.15) is 38.0 Å². The van der Waals surface area contributed by atoms with Crippen molar-refractivity contribution in [2.75, 3.05) is 0 Å². The molecule has 0 radical (unpaired) electrons. The van der Waals surface area contributed by atoms with Crippen molar-refractivity contribution in [1.29, 1.82) is 0 Å². The SMILES string of the molecule is Cc1nc2ccc(-c3ccnc4nc(CCC(F)(F)F)ncc34)nc2n1C(C)C. The van der Waals surface area contributed by atoms with Gasteiger partial charge in [0.15, 0.2) is 11.3 Å². The highest BCUT2D eigenvalue weighted by Gasteiger charge is 2.27. The Balaban J connectivity index is 1.78. The maximum atomic E-state index is 12.5. The first-order valence-corrected chi connectivity index (χ1v) is 9.26. The molecule has 0 unspecified atom stereocenters. The van der Waals surface area contributed by atoms with Crippen LogP contribution in [0.3, 0.4) is 0 Å². The number of nitrogens with zero attached hydrogens (tertiary/aromatic N) is 6. The molecular weight excluding hydrogens is 381 g/mol. The fraction of sp³-hybridized carbons (Fsp3) is 0.350. The average Bonchev–Trinajstić information content (AvgIpc) is 3.00. The fourth-order valence-corrected chi connectivity index (χ4v) is 3.42. The second-order valence-electron chi connectivity index (χ2n) is 7.16. The molecule has 4 heterocycles. The van der Waals surface area contributed by atoms with Gasteiger partial charge in [-0.3, -0.25) is 0 Å². The molecule has 150 valence electrons. The van der Waals surface area contributed by atoms with E-state index < -0.39 is 12.6 Å². The smallest absolute Gasteiger partial charge is 0.310 e. The predicted octanol–water partition coefficient (Wildman–Crippen LogP) is 4.82. The molecule has 0 amide bonds. The van der Waals surface area contributed by atoms with Gasteiger partial charge < -0.3 is 4.57 Å². The molecule has 0 aromatic carbocycles. The highest BCUT2D eigenvalue weighted by Crippen LogP contribution is 2.28. The molecule has 0 aliphatic heterocycles. The zero-order chi connectivity index (χ0) is 20.8. The van der Waals surface area contributed by atoms with Crippen molar-refractivity contribution >= 4 is 22.2 Å². The lowest BCUT2D eigenvalue weighted by Crippen LogP contribution is -2.10. The van der Waals surface area contributed by atoms with Gasteiger partial charge in [0.05, 0.1) is 12.1 Å². The van der Waals surface area contributed by atoms with Crippen LogP contribution >= 0.6 is 0 Å². The Labute approximate surface area is 164 Å². The van der Waals surface area contributed by atoms with Gasteiger partial charge in [-0.25, -0.2) is 24.9 Å². The normalized spacial score (nSPS) is 12.4. The number of imidazole rings is 1. The van der Waals surface area contributed by atoms with Crippen molar-refractivity contribution in [3.8, 4) is 11.3 Å². The van der Waals surface area contributed by atoms with Gasteiger partial charge in [-0.05, 0) is 39.0 Å². The molecule has 0 bridgehead atoms. The van der Waals surface area contributed by atoms with E-state index in [2.05, 4.69) is 38.4 Å². The van der Waals surface area contributed by atoms with Crippen LogP contribution in [0.5, 0.6) is 0 Å². The summed E-state index contributed by atoms with van der Waals surface area (Å²) in [5.74, 6) is 1.01. The number of hydrogen-bond donors (Lipinski definition) is 0. The van der Waals surface area contributed by atoms with Gasteiger partial charge in [0.1, 0.15) is 17.2 Å². The molecule has 9 heteroatoms. The zero-order valence-corrected chi connectivity index (χ0v) is 16.2. The van der Waals surface area contributed by atoms with Crippen molar-refractivity contribution < 1.29 is 13.2 Å². The third-order valence-electron chi connectivity index (χ3n) is 4.68. The van der Waals surface area contributed by atoms with Crippen LogP contribution in [0.4, 0.5) is 13.2 Å². The van der Waals surface area contributed by atoms with Crippen molar-refractivity contribution in [2.24, 2.45) is 0 Å². The average molecular weight is 400 g/mol. The molecular formula is C20H19F3N6. The Hall–Kier alpha value is -3.10. The van der Waals surface area contributed by atoms with Crippen LogP contribution in [0.15, 0.2) is 30.6 Å². The van der Waals surface area contributed by atoms with E-state index in [1.807, 2.05) is 19.1 Å². The second kappa shape index (κ2) is 7.06. The maximum Gasteiger partial charge on any atom is 0.389 e. The summed E-state index contributed by atoms with van der Waals surface area (Å²) in [5, 5.41) is 0.641. The molecule has 4 aromatic rings. The lowest BCUT2D eigenvalue weighted by molar-refractivity contribution is -0.134. The standard InChI is InChI=1S/C20H19F3N6/c1-11(2)29-12(3)26-16-5-4-15(27-19(16)29)13-7-9-24-18-14(13)10-25-17(28-18)6-8-20(21,22)23/h4-5,7,9-11H,6,8H2,1-3H3. The van der Waals surface area contributed by atoms with Crippen LogP contribution in [-0.2, 0) is 6.42 Å². The van der Waals surface area contributed by atoms with Gasteiger partial charge in [-0.1, -0.05) is 0 Å². The van der Waals surface area contributed by atoms with Crippen LogP contribution in [0.25, 0.3) is 33.5 Å². The number of halogens is 3. The topological polar surface area (TPSA) is 69.4 Å². The molecule has 0 aliphatic carbocycles. The van der Waals surface area contributed by atoms with Crippen LogP contribution < -0.4 is 0 Å². The summed E-state index contributed by atoms with van der Waals surface area (Å²) in [7, 11) is 0. The number of rotatable bonds is 4. The molecule has 0 saturated heterocycles. The van der Waals surface area contributed by atoms with Gasteiger partial charge in [-0.15, -0.1) is 0 Å². The molecule has 0 atom stereocenters. The minimum atomic E-state index is -4.25. The number of alkyl halides is 3. The van der Waals surface area contributed by atoms with Crippen LogP contribution in [-0.4, -0.2) is 35.7 Å².